The predicted molar refractivity (Wildman–Crippen MR) is 154 cm³/mol. The highest BCUT2D eigenvalue weighted by molar-refractivity contribution is 7.10. The molecule has 1 aromatic heterocycles. The van der Waals surface area contributed by atoms with Crippen molar-refractivity contribution >= 4 is 17.3 Å². The second kappa shape index (κ2) is 11.4. The van der Waals surface area contributed by atoms with Gasteiger partial charge in [0.15, 0.2) is 11.7 Å². The number of esters is 1. The van der Waals surface area contributed by atoms with Crippen LogP contribution in [0.25, 0.3) is 11.1 Å². The lowest BCUT2D eigenvalue weighted by atomic mass is 9.82. The molecule has 206 valence electrons. The second-order valence-corrected chi connectivity index (χ2v) is 12.7. The molecular formula is C33H40NO4S+. The minimum Gasteiger partial charge on any atom is -0.493 e. The Balaban J connectivity index is 1.04. The highest BCUT2D eigenvalue weighted by atomic mass is 32.1. The fraction of sp³-hybridized carbons (Fsp3) is 0.485. The minimum absolute atomic E-state index is 0.0493. The first-order valence-electron chi connectivity index (χ1n) is 14.7. The summed E-state index contributed by atoms with van der Waals surface area (Å²) in [7, 11) is 0. The Morgan fingerprint density at radius 3 is 2.33 bits per heavy atom. The van der Waals surface area contributed by atoms with Crippen molar-refractivity contribution in [2.45, 2.75) is 56.7 Å². The van der Waals surface area contributed by atoms with Gasteiger partial charge in [-0.05, 0) is 47.5 Å². The normalized spacial score (nSPS) is 26.3. The predicted octanol–water partition coefficient (Wildman–Crippen LogP) is 6.41. The van der Waals surface area contributed by atoms with E-state index in [9.17, 15) is 9.90 Å². The van der Waals surface area contributed by atoms with E-state index in [2.05, 4.69) is 48.5 Å². The van der Waals surface area contributed by atoms with Gasteiger partial charge in [0.05, 0.1) is 26.2 Å². The van der Waals surface area contributed by atoms with Gasteiger partial charge in [-0.1, -0.05) is 61.4 Å². The van der Waals surface area contributed by atoms with E-state index >= 15 is 0 Å². The first kappa shape index (κ1) is 26.5. The van der Waals surface area contributed by atoms with Crippen molar-refractivity contribution < 1.29 is 23.9 Å². The van der Waals surface area contributed by atoms with Gasteiger partial charge in [-0.25, -0.2) is 4.79 Å². The van der Waals surface area contributed by atoms with E-state index in [-0.39, 0.29) is 12.0 Å². The topological polar surface area (TPSA) is 55.8 Å². The third-order valence-corrected chi connectivity index (χ3v) is 10.5. The van der Waals surface area contributed by atoms with Crippen molar-refractivity contribution in [3.05, 3.63) is 77.0 Å². The molecule has 6 heteroatoms. The maximum absolute atomic E-state index is 13.6. The number of ether oxygens (including phenoxy) is 2. The number of aliphatic hydroxyl groups is 1. The molecule has 2 aromatic carbocycles. The van der Waals surface area contributed by atoms with Gasteiger partial charge in [0.25, 0.3) is 0 Å². The van der Waals surface area contributed by atoms with Crippen LogP contribution in [0, 0.1) is 11.8 Å². The number of benzene rings is 2. The zero-order chi connectivity index (χ0) is 26.7. The van der Waals surface area contributed by atoms with Crippen LogP contribution in [0.2, 0.25) is 0 Å². The van der Waals surface area contributed by atoms with Gasteiger partial charge in [-0.2, -0.15) is 0 Å². The van der Waals surface area contributed by atoms with E-state index in [0.717, 1.165) is 86.2 Å². The smallest absolute Gasteiger partial charge is 0.344 e. The number of hydrogen-bond acceptors (Lipinski definition) is 5. The fourth-order valence-electron chi connectivity index (χ4n) is 7.17. The molecule has 7 rings (SSSR count). The van der Waals surface area contributed by atoms with E-state index < -0.39 is 11.6 Å². The standard InChI is InChI=1S/C33H40NO4S/c35-32(33(36,28-10-4-5-11-28)31-12-6-23-39-31)38-30-24-34(20-17-27(30)18-21-34)19-7-22-37-29-15-13-26(14-16-29)25-8-2-1-3-9-25/h1-3,6,8-9,12-16,23,27-28,30,36H,4-5,7,10-11,17-22,24H2/q+1/t27?,30?,33-,34?/m1/s1. The van der Waals surface area contributed by atoms with E-state index in [1.54, 1.807) is 0 Å². The Bertz CT molecular complexity index is 1210. The summed E-state index contributed by atoms with van der Waals surface area (Å²) in [5.74, 6) is 0.839. The number of carbonyl (C=O) groups is 1. The van der Waals surface area contributed by atoms with Crippen LogP contribution in [0.3, 0.4) is 0 Å². The zero-order valence-corrected chi connectivity index (χ0v) is 23.5. The Hall–Kier alpha value is -2.67. The van der Waals surface area contributed by atoms with Gasteiger partial charge >= 0.3 is 5.97 Å². The Labute approximate surface area is 236 Å². The molecular weight excluding hydrogens is 506 g/mol. The summed E-state index contributed by atoms with van der Waals surface area (Å²) >= 11 is 1.46. The molecule has 3 aliphatic heterocycles. The molecule has 4 heterocycles. The van der Waals surface area contributed by atoms with Crippen LogP contribution < -0.4 is 4.74 Å². The van der Waals surface area contributed by atoms with Gasteiger partial charge < -0.3 is 19.1 Å². The van der Waals surface area contributed by atoms with Gasteiger partial charge in [0.1, 0.15) is 12.3 Å². The monoisotopic (exact) mass is 546 g/mol. The molecule has 0 radical (unpaired) electrons. The first-order chi connectivity index (χ1) is 19.1. The summed E-state index contributed by atoms with van der Waals surface area (Å²) in [5, 5.41) is 13.7. The number of rotatable bonds is 10. The highest BCUT2D eigenvalue weighted by Crippen LogP contribution is 2.44. The van der Waals surface area contributed by atoms with Crippen molar-refractivity contribution in [1.29, 1.82) is 0 Å². The van der Waals surface area contributed by atoms with Crippen molar-refractivity contribution in [2.24, 2.45) is 11.8 Å². The van der Waals surface area contributed by atoms with E-state index in [1.165, 1.54) is 22.5 Å². The molecule has 3 saturated heterocycles. The molecule has 2 atom stereocenters. The molecule has 39 heavy (non-hydrogen) atoms. The molecule has 4 aliphatic rings. The highest BCUT2D eigenvalue weighted by Gasteiger charge is 2.53. The molecule has 1 aliphatic carbocycles. The molecule has 4 fully saturated rings. The lowest BCUT2D eigenvalue weighted by Crippen LogP contribution is -2.65. The lowest BCUT2D eigenvalue weighted by molar-refractivity contribution is -0.946. The second-order valence-electron chi connectivity index (χ2n) is 11.8. The molecule has 0 amide bonds. The quantitative estimate of drug-likeness (QED) is 0.181. The number of nitrogens with zero attached hydrogens (tertiary/aromatic N) is 1. The molecule has 1 unspecified atom stereocenters. The maximum atomic E-state index is 13.6. The molecule has 0 spiro atoms. The minimum atomic E-state index is -1.51. The average molecular weight is 547 g/mol. The Kier molecular flexibility index (Phi) is 7.79. The van der Waals surface area contributed by atoms with Crippen molar-refractivity contribution in [2.75, 3.05) is 32.8 Å². The van der Waals surface area contributed by atoms with Crippen LogP contribution >= 0.6 is 11.3 Å². The molecule has 1 saturated carbocycles. The summed E-state index contributed by atoms with van der Waals surface area (Å²) in [6.07, 6.45) is 6.92. The largest absolute Gasteiger partial charge is 0.493 e. The van der Waals surface area contributed by atoms with Gasteiger partial charge in [-0.15, -0.1) is 11.3 Å². The van der Waals surface area contributed by atoms with Crippen LogP contribution in [0.5, 0.6) is 5.75 Å². The van der Waals surface area contributed by atoms with Crippen LogP contribution in [0.15, 0.2) is 72.1 Å². The van der Waals surface area contributed by atoms with E-state index in [1.807, 2.05) is 23.6 Å². The first-order valence-corrected chi connectivity index (χ1v) is 15.5. The number of quaternary nitrogens is 1. The van der Waals surface area contributed by atoms with Gasteiger partial charge in [0.2, 0.25) is 0 Å². The summed E-state index contributed by atoms with van der Waals surface area (Å²) < 4.78 is 13.3. The van der Waals surface area contributed by atoms with E-state index in [0.29, 0.717) is 12.5 Å². The van der Waals surface area contributed by atoms with Crippen LogP contribution in [-0.4, -0.2) is 54.4 Å². The molecule has 1 N–H and O–H groups in total. The third-order valence-electron chi connectivity index (χ3n) is 9.46. The zero-order valence-electron chi connectivity index (χ0n) is 22.7. The SMILES string of the molecule is O=C(OC1C[N+]2(CCCOc3ccc(-c4ccccc4)cc3)CCC1CC2)[C@](O)(c1cccs1)C1CCCC1. The number of piperidine rings is 3. The summed E-state index contributed by atoms with van der Waals surface area (Å²) in [4.78, 5) is 14.4. The number of thiophene rings is 1. The number of fused-ring (bicyclic) bond motifs is 3. The van der Waals surface area contributed by atoms with Crippen molar-refractivity contribution in [3.63, 3.8) is 0 Å². The summed E-state index contributed by atoms with van der Waals surface area (Å²) in [6.45, 7) is 4.84. The fourth-order valence-corrected chi connectivity index (χ4v) is 8.06. The Morgan fingerprint density at radius 2 is 1.64 bits per heavy atom. The summed E-state index contributed by atoms with van der Waals surface area (Å²) in [6, 6.07) is 22.5. The van der Waals surface area contributed by atoms with Crippen molar-refractivity contribution in [1.82, 2.24) is 0 Å². The van der Waals surface area contributed by atoms with Gasteiger partial charge in [-0.3, -0.25) is 0 Å². The van der Waals surface area contributed by atoms with Crippen LogP contribution in [0.4, 0.5) is 0 Å². The van der Waals surface area contributed by atoms with Crippen LogP contribution in [0.1, 0.15) is 49.8 Å². The maximum Gasteiger partial charge on any atom is 0.344 e. The summed E-state index contributed by atoms with van der Waals surface area (Å²) in [5.41, 5.74) is 0.892. The third kappa shape index (κ3) is 5.52. The lowest BCUT2D eigenvalue weighted by Gasteiger charge is -2.52. The molecule has 2 bridgehead atoms. The number of hydrogen-bond donors (Lipinski definition) is 1. The van der Waals surface area contributed by atoms with E-state index in [4.69, 9.17) is 9.47 Å². The van der Waals surface area contributed by atoms with Crippen LogP contribution in [-0.2, 0) is 15.1 Å². The average Bonchev–Trinajstić information content (AvgIpc) is 3.72. The Morgan fingerprint density at radius 1 is 0.923 bits per heavy atom. The number of carbonyl (C=O) groups excluding carboxylic acids is 1. The van der Waals surface area contributed by atoms with Crippen molar-refractivity contribution in [3.8, 4) is 16.9 Å². The molecule has 5 nitrogen and oxygen atoms in total. The van der Waals surface area contributed by atoms with Gasteiger partial charge in [0, 0.05) is 36.0 Å². The molecule has 3 aromatic rings.